The lowest BCUT2D eigenvalue weighted by Gasteiger charge is -2.12. The van der Waals surface area contributed by atoms with Crippen LogP contribution in [-0.2, 0) is 6.54 Å². The van der Waals surface area contributed by atoms with Gasteiger partial charge in [-0.05, 0) is 12.1 Å². The number of carbonyl (C=O) groups excluding carboxylic acids is 2. The molecular formula is C13H9N3O4. The zero-order chi connectivity index (χ0) is 14.3. The molecule has 0 atom stereocenters. The van der Waals surface area contributed by atoms with E-state index in [-0.39, 0.29) is 12.2 Å². The lowest BCUT2D eigenvalue weighted by molar-refractivity contribution is 0.0640. The Morgan fingerprint density at radius 1 is 0.900 bits per heavy atom. The molecule has 0 unspecified atom stereocenters. The van der Waals surface area contributed by atoms with Crippen LogP contribution in [0.25, 0.3) is 0 Å². The largest absolute Gasteiger partial charge is 0.325 e. The van der Waals surface area contributed by atoms with Gasteiger partial charge in [0, 0.05) is 11.8 Å². The van der Waals surface area contributed by atoms with E-state index in [1.54, 1.807) is 24.3 Å². The van der Waals surface area contributed by atoms with Gasteiger partial charge < -0.3 is 4.98 Å². The van der Waals surface area contributed by atoms with Crippen LogP contribution in [0.5, 0.6) is 0 Å². The number of carbonyl (C=O) groups is 2. The van der Waals surface area contributed by atoms with Crippen LogP contribution in [0.4, 0.5) is 0 Å². The molecule has 0 fully saturated rings. The van der Waals surface area contributed by atoms with E-state index in [2.05, 4.69) is 4.98 Å². The van der Waals surface area contributed by atoms with Crippen molar-refractivity contribution >= 4 is 11.8 Å². The van der Waals surface area contributed by atoms with E-state index in [0.29, 0.717) is 11.1 Å². The number of imide groups is 1. The number of rotatable bonds is 2. The van der Waals surface area contributed by atoms with Gasteiger partial charge in [-0.3, -0.25) is 24.3 Å². The molecule has 3 rings (SSSR count). The van der Waals surface area contributed by atoms with Crippen molar-refractivity contribution in [3.63, 3.8) is 0 Å². The Balaban J connectivity index is 1.97. The molecule has 100 valence electrons. The Kier molecular flexibility index (Phi) is 2.60. The van der Waals surface area contributed by atoms with Gasteiger partial charge in [0.05, 0.1) is 17.7 Å². The summed E-state index contributed by atoms with van der Waals surface area (Å²) in [6.07, 6.45) is 0. The monoisotopic (exact) mass is 271 g/mol. The number of aromatic amines is 2. The van der Waals surface area contributed by atoms with Crippen LogP contribution in [0, 0.1) is 0 Å². The highest BCUT2D eigenvalue weighted by atomic mass is 16.2. The molecule has 2 aromatic rings. The van der Waals surface area contributed by atoms with Crippen LogP contribution < -0.4 is 11.2 Å². The summed E-state index contributed by atoms with van der Waals surface area (Å²) >= 11 is 0. The zero-order valence-corrected chi connectivity index (χ0v) is 10.2. The second-order valence-corrected chi connectivity index (χ2v) is 4.35. The van der Waals surface area contributed by atoms with Crippen LogP contribution in [0.15, 0.2) is 39.9 Å². The lowest BCUT2D eigenvalue weighted by Crippen LogP contribution is -2.32. The van der Waals surface area contributed by atoms with Crippen molar-refractivity contribution in [2.45, 2.75) is 6.54 Å². The Bertz CT molecular complexity index is 771. The summed E-state index contributed by atoms with van der Waals surface area (Å²) in [7, 11) is 0. The maximum atomic E-state index is 12.1. The zero-order valence-electron chi connectivity index (χ0n) is 10.2. The first-order chi connectivity index (χ1) is 9.56. The fourth-order valence-corrected chi connectivity index (χ4v) is 2.16. The predicted molar refractivity (Wildman–Crippen MR) is 68.3 cm³/mol. The highest BCUT2D eigenvalue weighted by Crippen LogP contribution is 2.23. The number of fused-ring (bicyclic) bond motifs is 1. The summed E-state index contributed by atoms with van der Waals surface area (Å²) in [6, 6.07) is 7.61. The molecule has 2 amide bonds. The normalized spacial score (nSPS) is 13.7. The van der Waals surface area contributed by atoms with Crippen molar-refractivity contribution in [1.82, 2.24) is 14.9 Å². The quantitative estimate of drug-likeness (QED) is 0.742. The first-order valence-electron chi connectivity index (χ1n) is 5.84. The smallest absolute Gasteiger partial charge is 0.309 e. The summed E-state index contributed by atoms with van der Waals surface area (Å²) in [5.74, 6) is -0.876. The average molecular weight is 271 g/mol. The molecule has 2 heterocycles. The van der Waals surface area contributed by atoms with Crippen molar-refractivity contribution in [3.05, 3.63) is 68.0 Å². The topological polar surface area (TPSA) is 103 Å². The molecule has 0 saturated heterocycles. The van der Waals surface area contributed by atoms with E-state index >= 15 is 0 Å². The third-order valence-corrected chi connectivity index (χ3v) is 3.02. The van der Waals surface area contributed by atoms with Gasteiger partial charge in [-0.25, -0.2) is 4.79 Å². The van der Waals surface area contributed by atoms with E-state index < -0.39 is 23.1 Å². The molecule has 0 radical (unpaired) electrons. The second-order valence-electron chi connectivity index (χ2n) is 4.35. The number of H-pyrrole nitrogens is 2. The van der Waals surface area contributed by atoms with E-state index in [4.69, 9.17) is 0 Å². The van der Waals surface area contributed by atoms with Crippen molar-refractivity contribution in [1.29, 1.82) is 0 Å². The summed E-state index contributed by atoms with van der Waals surface area (Å²) < 4.78 is 0. The third kappa shape index (κ3) is 1.85. The van der Waals surface area contributed by atoms with Gasteiger partial charge >= 0.3 is 5.69 Å². The van der Waals surface area contributed by atoms with E-state index in [9.17, 15) is 19.2 Å². The van der Waals surface area contributed by atoms with Crippen LogP contribution in [-0.4, -0.2) is 26.7 Å². The molecule has 7 nitrogen and oxygen atoms in total. The van der Waals surface area contributed by atoms with E-state index in [0.717, 1.165) is 11.0 Å². The second kappa shape index (κ2) is 4.30. The van der Waals surface area contributed by atoms with Crippen LogP contribution in [0.3, 0.4) is 0 Å². The number of hydrogen-bond donors (Lipinski definition) is 2. The van der Waals surface area contributed by atoms with Gasteiger partial charge in [0.15, 0.2) is 0 Å². The minimum absolute atomic E-state index is 0.147. The molecular weight excluding hydrogens is 262 g/mol. The van der Waals surface area contributed by atoms with Crippen molar-refractivity contribution in [2.24, 2.45) is 0 Å². The number of benzene rings is 1. The maximum absolute atomic E-state index is 12.1. The number of nitrogens with one attached hydrogen (secondary N) is 2. The van der Waals surface area contributed by atoms with Gasteiger partial charge in [0.1, 0.15) is 0 Å². The molecule has 0 saturated carbocycles. The number of nitrogens with zero attached hydrogens (tertiary/aromatic N) is 1. The molecule has 7 heteroatoms. The third-order valence-electron chi connectivity index (χ3n) is 3.02. The highest BCUT2D eigenvalue weighted by molar-refractivity contribution is 6.21. The number of amides is 2. The Morgan fingerprint density at radius 2 is 1.50 bits per heavy atom. The summed E-state index contributed by atoms with van der Waals surface area (Å²) in [4.78, 5) is 52.0. The predicted octanol–water partition coefficient (Wildman–Crippen LogP) is -0.141. The van der Waals surface area contributed by atoms with Crippen molar-refractivity contribution in [2.75, 3.05) is 0 Å². The first-order valence-corrected chi connectivity index (χ1v) is 5.84. The first kappa shape index (κ1) is 12.1. The maximum Gasteiger partial charge on any atom is 0.325 e. The average Bonchev–Trinajstić information content (AvgIpc) is 2.64. The summed E-state index contributed by atoms with van der Waals surface area (Å²) in [6.45, 7) is -0.147. The van der Waals surface area contributed by atoms with E-state index in [1.807, 2.05) is 4.98 Å². The number of aromatic nitrogens is 2. The molecule has 2 N–H and O–H groups in total. The van der Waals surface area contributed by atoms with Crippen molar-refractivity contribution < 1.29 is 9.59 Å². The molecule has 0 aliphatic carbocycles. The van der Waals surface area contributed by atoms with E-state index in [1.165, 1.54) is 0 Å². The molecule has 0 spiro atoms. The van der Waals surface area contributed by atoms with Crippen molar-refractivity contribution in [3.8, 4) is 0 Å². The SMILES string of the molecule is O=C1c2ccccc2C(=O)N1Cc1cc(=O)[nH]c(=O)[nH]1. The minimum atomic E-state index is -0.677. The Hall–Kier alpha value is -2.96. The van der Waals surface area contributed by atoms with Gasteiger partial charge in [0.25, 0.3) is 17.4 Å². The van der Waals surface area contributed by atoms with Gasteiger partial charge in [0.2, 0.25) is 0 Å². The summed E-state index contributed by atoms with van der Waals surface area (Å²) in [5.41, 5.74) is -0.410. The molecule has 0 bridgehead atoms. The fraction of sp³-hybridized carbons (Fsp3) is 0.0769. The van der Waals surface area contributed by atoms with Gasteiger partial charge in [-0.2, -0.15) is 0 Å². The highest BCUT2D eigenvalue weighted by Gasteiger charge is 2.35. The molecule has 1 aromatic heterocycles. The molecule has 20 heavy (non-hydrogen) atoms. The number of hydrogen-bond acceptors (Lipinski definition) is 4. The molecule has 1 aromatic carbocycles. The van der Waals surface area contributed by atoms with Crippen LogP contribution >= 0.6 is 0 Å². The fourth-order valence-electron chi connectivity index (χ4n) is 2.16. The summed E-state index contributed by atoms with van der Waals surface area (Å²) in [5, 5.41) is 0. The van der Waals surface area contributed by atoms with Gasteiger partial charge in [-0.1, -0.05) is 12.1 Å². The van der Waals surface area contributed by atoms with Crippen LogP contribution in [0.2, 0.25) is 0 Å². The standard InChI is InChI=1S/C13H9N3O4/c17-10-5-7(14-13(20)15-10)6-16-11(18)8-3-1-2-4-9(8)12(16)19/h1-5H,6H2,(H2,14,15,17,20). The Labute approximate surface area is 111 Å². The lowest BCUT2D eigenvalue weighted by atomic mass is 10.1. The Morgan fingerprint density at radius 3 is 2.05 bits per heavy atom. The van der Waals surface area contributed by atoms with Crippen LogP contribution in [0.1, 0.15) is 26.4 Å². The van der Waals surface area contributed by atoms with Gasteiger partial charge in [-0.15, -0.1) is 0 Å². The molecule has 1 aliphatic rings. The molecule has 1 aliphatic heterocycles. The minimum Gasteiger partial charge on any atom is -0.309 e.